The van der Waals surface area contributed by atoms with E-state index in [0.717, 1.165) is 35.7 Å². The minimum absolute atomic E-state index is 0.263. The lowest BCUT2D eigenvalue weighted by Gasteiger charge is -2.26. The zero-order chi connectivity index (χ0) is 21.1. The normalized spacial score (nSPS) is 15.4. The molecule has 0 atom stereocenters. The quantitative estimate of drug-likeness (QED) is 0.481. The van der Waals surface area contributed by atoms with E-state index in [1.165, 1.54) is 0 Å². The van der Waals surface area contributed by atoms with Gasteiger partial charge in [0.05, 0.1) is 5.69 Å². The van der Waals surface area contributed by atoms with E-state index in [1.54, 1.807) is 12.1 Å². The van der Waals surface area contributed by atoms with Gasteiger partial charge in [-0.25, -0.2) is 4.39 Å². The van der Waals surface area contributed by atoms with E-state index in [0.29, 0.717) is 23.1 Å². The Hall–Kier alpha value is -2.80. The van der Waals surface area contributed by atoms with E-state index in [2.05, 4.69) is 10.1 Å². The van der Waals surface area contributed by atoms with Crippen molar-refractivity contribution in [2.24, 2.45) is 10.7 Å². The average Bonchev–Trinajstić information content (AvgIpc) is 3.24. The predicted molar refractivity (Wildman–Crippen MR) is 121 cm³/mol. The van der Waals surface area contributed by atoms with Crippen molar-refractivity contribution < 1.29 is 8.91 Å². The molecule has 1 aliphatic heterocycles. The SMILES string of the molecule is CC(C)(c1ccc(-c2ccccc2)c(F)c1)c1cc(/N=C(/N)N2CCSCC2)on1. The minimum Gasteiger partial charge on any atom is -0.369 e. The van der Waals surface area contributed by atoms with Crippen molar-refractivity contribution in [1.82, 2.24) is 10.1 Å². The Morgan fingerprint density at radius 2 is 1.87 bits per heavy atom. The average molecular weight is 425 g/mol. The Bertz CT molecular complexity index is 1040. The summed E-state index contributed by atoms with van der Waals surface area (Å²) in [6.45, 7) is 5.72. The van der Waals surface area contributed by atoms with Gasteiger partial charge in [0.15, 0.2) is 5.96 Å². The van der Waals surface area contributed by atoms with Gasteiger partial charge in [-0.1, -0.05) is 61.5 Å². The van der Waals surface area contributed by atoms with Crippen molar-refractivity contribution in [3.05, 3.63) is 71.7 Å². The van der Waals surface area contributed by atoms with E-state index in [9.17, 15) is 4.39 Å². The molecular formula is C23H25FN4OS. The number of aromatic nitrogens is 1. The van der Waals surface area contributed by atoms with Crippen LogP contribution in [0.1, 0.15) is 25.1 Å². The van der Waals surface area contributed by atoms with Gasteiger partial charge in [0.25, 0.3) is 5.88 Å². The molecule has 3 aromatic rings. The van der Waals surface area contributed by atoms with Crippen molar-refractivity contribution in [3.63, 3.8) is 0 Å². The highest BCUT2D eigenvalue weighted by Crippen LogP contribution is 2.35. The molecule has 0 aliphatic carbocycles. The van der Waals surface area contributed by atoms with Gasteiger partial charge in [0.1, 0.15) is 5.82 Å². The first-order chi connectivity index (χ1) is 14.4. The first-order valence-corrected chi connectivity index (χ1v) is 11.1. The summed E-state index contributed by atoms with van der Waals surface area (Å²) in [6, 6.07) is 16.6. The van der Waals surface area contributed by atoms with E-state index in [1.807, 2.05) is 73.0 Å². The fraction of sp³-hybridized carbons (Fsp3) is 0.304. The van der Waals surface area contributed by atoms with E-state index >= 15 is 0 Å². The highest BCUT2D eigenvalue weighted by molar-refractivity contribution is 7.99. The standard InChI is InChI=1S/C23H25FN4OS/c1-23(2,17-8-9-18(19(24)14-17)16-6-4-3-5-7-16)20-15-21(29-27-20)26-22(25)28-10-12-30-13-11-28/h3-9,14-15H,10-13H2,1-2H3,(H2,25,26). The highest BCUT2D eigenvalue weighted by Gasteiger charge is 2.28. The number of guanidine groups is 1. The van der Waals surface area contributed by atoms with Crippen LogP contribution in [0.25, 0.3) is 11.1 Å². The lowest BCUT2D eigenvalue weighted by Crippen LogP contribution is -2.42. The van der Waals surface area contributed by atoms with Gasteiger partial charge < -0.3 is 15.2 Å². The second-order valence-corrected chi connectivity index (χ2v) is 9.03. The third kappa shape index (κ3) is 4.21. The second-order valence-electron chi connectivity index (χ2n) is 7.81. The van der Waals surface area contributed by atoms with Crippen LogP contribution in [-0.2, 0) is 5.41 Å². The Morgan fingerprint density at radius 3 is 2.57 bits per heavy atom. The lowest BCUT2D eigenvalue weighted by atomic mass is 9.81. The molecule has 1 aromatic heterocycles. The summed E-state index contributed by atoms with van der Waals surface area (Å²) in [5.74, 6) is 2.61. The van der Waals surface area contributed by atoms with Crippen molar-refractivity contribution >= 4 is 23.6 Å². The fourth-order valence-electron chi connectivity index (χ4n) is 3.49. The number of nitrogens with two attached hydrogens (primary N) is 1. The molecular weight excluding hydrogens is 399 g/mol. The van der Waals surface area contributed by atoms with E-state index < -0.39 is 5.41 Å². The third-order valence-electron chi connectivity index (χ3n) is 5.47. The van der Waals surface area contributed by atoms with Crippen LogP contribution in [0.2, 0.25) is 0 Å². The first-order valence-electron chi connectivity index (χ1n) is 9.94. The summed E-state index contributed by atoms with van der Waals surface area (Å²) in [6.07, 6.45) is 0. The van der Waals surface area contributed by atoms with Gasteiger partial charge >= 0.3 is 0 Å². The summed E-state index contributed by atoms with van der Waals surface area (Å²) in [4.78, 5) is 6.43. The Morgan fingerprint density at radius 1 is 1.13 bits per heavy atom. The molecule has 2 N–H and O–H groups in total. The number of hydrogen-bond donors (Lipinski definition) is 1. The van der Waals surface area contributed by atoms with Crippen LogP contribution < -0.4 is 5.73 Å². The fourth-order valence-corrected chi connectivity index (χ4v) is 4.40. The second kappa shape index (κ2) is 8.52. The molecule has 7 heteroatoms. The zero-order valence-corrected chi connectivity index (χ0v) is 18.0. The Kier molecular flexibility index (Phi) is 5.81. The number of benzene rings is 2. The van der Waals surface area contributed by atoms with Crippen LogP contribution in [0.4, 0.5) is 10.3 Å². The molecule has 30 heavy (non-hydrogen) atoms. The van der Waals surface area contributed by atoms with Gasteiger partial charge in [0, 0.05) is 41.6 Å². The van der Waals surface area contributed by atoms with E-state index in [-0.39, 0.29) is 5.82 Å². The molecule has 1 saturated heterocycles. The van der Waals surface area contributed by atoms with Gasteiger partial charge in [0.2, 0.25) is 0 Å². The molecule has 0 amide bonds. The number of nitrogens with zero attached hydrogens (tertiary/aromatic N) is 3. The predicted octanol–water partition coefficient (Wildman–Crippen LogP) is 4.80. The molecule has 5 nitrogen and oxygen atoms in total. The largest absolute Gasteiger partial charge is 0.369 e. The van der Waals surface area contributed by atoms with Crippen LogP contribution in [0, 0.1) is 5.82 Å². The van der Waals surface area contributed by atoms with Crippen molar-refractivity contribution in [1.29, 1.82) is 0 Å². The van der Waals surface area contributed by atoms with Crippen LogP contribution in [0.15, 0.2) is 64.1 Å². The van der Waals surface area contributed by atoms with Crippen LogP contribution >= 0.6 is 11.8 Å². The minimum atomic E-state index is -0.552. The maximum absolute atomic E-state index is 14.9. The molecule has 0 saturated carbocycles. The van der Waals surface area contributed by atoms with Gasteiger partial charge in [-0.2, -0.15) is 16.8 Å². The third-order valence-corrected chi connectivity index (χ3v) is 6.42. The number of thioether (sulfide) groups is 1. The topological polar surface area (TPSA) is 67.7 Å². The molecule has 4 rings (SSSR count). The number of rotatable bonds is 4. The van der Waals surface area contributed by atoms with Crippen molar-refractivity contribution in [2.75, 3.05) is 24.6 Å². The summed E-state index contributed by atoms with van der Waals surface area (Å²) in [5.41, 5.74) is 8.49. The maximum atomic E-state index is 14.9. The molecule has 0 unspecified atom stereocenters. The Labute approximate surface area is 180 Å². The van der Waals surface area contributed by atoms with Gasteiger partial charge in [-0.3, -0.25) is 0 Å². The molecule has 156 valence electrons. The lowest BCUT2D eigenvalue weighted by molar-refractivity contribution is 0.403. The molecule has 0 bridgehead atoms. The molecule has 0 spiro atoms. The summed E-state index contributed by atoms with van der Waals surface area (Å²) in [5, 5.41) is 4.19. The van der Waals surface area contributed by atoms with Gasteiger partial charge in [-0.05, 0) is 17.2 Å². The summed E-state index contributed by atoms with van der Waals surface area (Å²) >= 11 is 1.91. The number of aliphatic imine (C=N–C) groups is 1. The number of halogens is 1. The maximum Gasteiger partial charge on any atom is 0.253 e. The monoisotopic (exact) mass is 424 g/mol. The summed E-state index contributed by atoms with van der Waals surface area (Å²) in [7, 11) is 0. The van der Waals surface area contributed by atoms with Gasteiger partial charge in [-0.15, -0.1) is 0 Å². The smallest absolute Gasteiger partial charge is 0.253 e. The first kappa shape index (κ1) is 20.5. The van der Waals surface area contributed by atoms with Crippen LogP contribution in [-0.4, -0.2) is 40.6 Å². The zero-order valence-electron chi connectivity index (χ0n) is 17.1. The van der Waals surface area contributed by atoms with Crippen LogP contribution in [0.5, 0.6) is 0 Å². The number of hydrogen-bond acceptors (Lipinski definition) is 4. The summed E-state index contributed by atoms with van der Waals surface area (Å²) < 4.78 is 20.3. The van der Waals surface area contributed by atoms with Crippen molar-refractivity contribution in [2.45, 2.75) is 19.3 Å². The molecule has 2 aromatic carbocycles. The molecule has 1 fully saturated rings. The highest BCUT2D eigenvalue weighted by atomic mass is 32.2. The van der Waals surface area contributed by atoms with E-state index in [4.69, 9.17) is 10.3 Å². The molecule has 0 radical (unpaired) electrons. The van der Waals surface area contributed by atoms with Crippen molar-refractivity contribution in [3.8, 4) is 11.1 Å². The Balaban J connectivity index is 1.57. The molecule has 1 aliphatic rings. The molecule has 2 heterocycles. The van der Waals surface area contributed by atoms with Crippen LogP contribution in [0.3, 0.4) is 0 Å².